The van der Waals surface area contributed by atoms with Gasteiger partial charge in [0.25, 0.3) is 0 Å². The van der Waals surface area contributed by atoms with E-state index in [1.54, 1.807) is 12.4 Å². The highest BCUT2D eigenvalue weighted by molar-refractivity contribution is 7.12. The second kappa shape index (κ2) is 5.89. The molecule has 3 nitrogen and oxygen atoms in total. The summed E-state index contributed by atoms with van der Waals surface area (Å²) in [4.78, 5) is 16.1. The average molecular weight is 295 g/mol. The van der Waals surface area contributed by atoms with Crippen molar-refractivity contribution >= 4 is 17.3 Å². The monoisotopic (exact) mass is 295 g/mol. The topological polar surface area (TPSA) is 39.2 Å². The van der Waals surface area contributed by atoms with Crippen molar-refractivity contribution in [3.63, 3.8) is 0 Å². The standard InChI is InChI=1S/C17H13NO2S/c1-20-17(19)16-10-15(11-21-16)13-4-2-12(3-5-13)14-6-8-18-9-7-14/h2-11H,1H3. The molecular weight excluding hydrogens is 282 g/mol. The molecule has 1 aromatic carbocycles. The van der Waals surface area contributed by atoms with Crippen LogP contribution in [0.15, 0.2) is 60.2 Å². The number of pyridine rings is 1. The fourth-order valence-electron chi connectivity index (χ4n) is 2.09. The van der Waals surface area contributed by atoms with Crippen LogP contribution in [0.3, 0.4) is 0 Å². The van der Waals surface area contributed by atoms with Crippen molar-refractivity contribution in [2.45, 2.75) is 0 Å². The quantitative estimate of drug-likeness (QED) is 0.678. The molecule has 0 N–H and O–H groups in total. The number of esters is 1. The highest BCUT2D eigenvalue weighted by atomic mass is 32.1. The lowest BCUT2D eigenvalue weighted by atomic mass is 10.0. The predicted octanol–water partition coefficient (Wildman–Crippen LogP) is 4.26. The molecule has 0 aliphatic carbocycles. The van der Waals surface area contributed by atoms with E-state index in [-0.39, 0.29) is 5.97 Å². The Balaban J connectivity index is 1.87. The molecule has 0 aliphatic rings. The van der Waals surface area contributed by atoms with Crippen LogP contribution < -0.4 is 0 Å². The smallest absolute Gasteiger partial charge is 0.348 e. The Morgan fingerprint density at radius 2 is 1.52 bits per heavy atom. The molecule has 2 heterocycles. The largest absolute Gasteiger partial charge is 0.465 e. The van der Waals surface area contributed by atoms with Crippen LogP contribution in [0.1, 0.15) is 9.67 Å². The van der Waals surface area contributed by atoms with Gasteiger partial charge in [0.15, 0.2) is 0 Å². The lowest BCUT2D eigenvalue weighted by Gasteiger charge is -2.03. The maximum absolute atomic E-state index is 11.5. The molecule has 0 atom stereocenters. The molecule has 3 rings (SSSR count). The number of benzene rings is 1. The number of thiophene rings is 1. The van der Waals surface area contributed by atoms with Gasteiger partial charge in [-0.25, -0.2) is 4.79 Å². The molecule has 3 aromatic rings. The molecule has 0 aliphatic heterocycles. The molecule has 4 heteroatoms. The van der Waals surface area contributed by atoms with Crippen LogP contribution in [-0.4, -0.2) is 18.1 Å². The van der Waals surface area contributed by atoms with Crippen molar-refractivity contribution in [3.05, 3.63) is 65.1 Å². The van der Waals surface area contributed by atoms with E-state index in [9.17, 15) is 4.79 Å². The molecule has 0 saturated heterocycles. The summed E-state index contributed by atoms with van der Waals surface area (Å²) < 4.78 is 4.73. The SMILES string of the molecule is COC(=O)c1cc(-c2ccc(-c3ccncc3)cc2)cs1. The van der Waals surface area contributed by atoms with Gasteiger partial charge in [-0.1, -0.05) is 24.3 Å². The first kappa shape index (κ1) is 13.5. The lowest BCUT2D eigenvalue weighted by Crippen LogP contribution is -1.96. The minimum atomic E-state index is -0.292. The summed E-state index contributed by atoms with van der Waals surface area (Å²) in [5.41, 5.74) is 4.39. The lowest BCUT2D eigenvalue weighted by molar-refractivity contribution is 0.0606. The number of hydrogen-bond donors (Lipinski definition) is 0. The maximum atomic E-state index is 11.5. The molecule has 0 fully saturated rings. The van der Waals surface area contributed by atoms with Crippen molar-refractivity contribution in [1.29, 1.82) is 0 Å². The van der Waals surface area contributed by atoms with Crippen molar-refractivity contribution in [1.82, 2.24) is 4.98 Å². The zero-order valence-electron chi connectivity index (χ0n) is 11.4. The predicted molar refractivity (Wildman–Crippen MR) is 84.3 cm³/mol. The van der Waals surface area contributed by atoms with E-state index in [4.69, 9.17) is 4.74 Å². The van der Waals surface area contributed by atoms with Crippen LogP contribution in [-0.2, 0) is 4.74 Å². The van der Waals surface area contributed by atoms with Gasteiger partial charge < -0.3 is 4.74 Å². The van der Waals surface area contributed by atoms with Crippen LogP contribution in [0, 0.1) is 0 Å². The Morgan fingerprint density at radius 3 is 2.14 bits per heavy atom. The zero-order valence-corrected chi connectivity index (χ0v) is 12.3. The van der Waals surface area contributed by atoms with Gasteiger partial charge in [0, 0.05) is 12.4 Å². The molecule has 0 unspecified atom stereocenters. The highest BCUT2D eigenvalue weighted by Crippen LogP contribution is 2.28. The Morgan fingerprint density at radius 1 is 0.952 bits per heavy atom. The van der Waals surface area contributed by atoms with Crippen molar-refractivity contribution in [2.75, 3.05) is 7.11 Å². The third-order valence-corrected chi connectivity index (χ3v) is 4.13. The van der Waals surface area contributed by atoms with E-state index >= 15 is 0 Å². The van der Waals surface area contributed by atoms with Gasteiger partial charge >= 0.3 is 5.97 Å². The van der Waals surface area contributed by atoms with Crippen LogP contribution in [0.5, 0.6) is 0 Å². The number of aromatic nitrogens is 1. The summed E-state index contributed by atoms with van der Waals surface area (Å²) in [5.74, 6) is -0.292. The second-order valence-corrected chi connectivity index (χ2v) is 5.42. The number of carbonyl (C=O) groups is 1. The third kappa shape index (κ3) is 2.85. The van der Waals surface area contributed by atoms with Gasteiger partial charge in [-0.3, -0.25) is 4.98 Å². The normalized spacial score (nSPS) is 10.3. The minimum absolute atomic E-state index is 0.292. The molecule has 0 saturated carbocycles. The summed E-state index contributed by atoms with van der Waals surface area (Å²) in [5, 5.41) is 1.97. The molecular formula is C17H13NO2S. The van der Waals surface area contributed by atoms with Gasteiger partial charge in [-0.05, 0) is 45.8 Å². The zero-order chi connectivity index (χ0) is 14.7. The van der Waals surface area contributed by atoms with E-state index < -0.39 is 0 Å². The van der Waals surface area contributed by atoms with Crippen molar-refractivity contribution in [2.24, 2.45) is 0 Å². The fraction of sp³-hybridized carbons (Fsp3) is 0.0588. The van der Waals surface area contributed by atoms with Crippen molar-refractivity contribution in [3.8, 4) is 22.3 Å². The van der Waals surface area contributed by atoms with E-state index in [1.807, 2.05) is 23.6 Å². The molecule has 2 aromatic heterocycles. The number of carbonyl (C=O) groups excluding carboxylic acids is 1. The summed E-state index contributed by atoms with van der Waals surface area (Å²) >= 11 is 1.39. The Labute approximate surface area is 126 Å². The first-order chi connectivity index (χ1) is 10.3. The van der Waals surface area contributed by atoms with E-state index in [1.165, 1.54) is 18.4 Å². The Hall–Kier alpha value is -2.46. The molecule has 0 spiro atoms. The van der Waals surface area contributed by atoms with Gasteiger partial charge in [-0.15, -0.1) is 11.3 Å². The summed E-state index contributed by atoms with van der Waals surface area (Å²) in [6.45, 7) is 0. The number of methoxy groups -OCH3 is 1. The summed E-state index contributed by atoms with van der Waals surface area (Å²) in [6.07, 6.45) is 3.56. The number of nitrogens with zero attached hydrogens (tertiary/aromatic N) is 1. The van der Waals surface area contributed by atoms with Gasteiger partial charge in [0.05, 0.1) is 7.11 Å². The first-order valence-electron chi connectivity index (χ1n) is 6.45. The van der Waals surface area contributed by atoms with Crippen LogP contribution in [0.25, 0.3) is 22.3 Å². The molecule has 104 valence electrons. The third-order valence-electron chi connectivity index (χ3n) is 3.22. The van der Waals surface area contributed by atoms with Crippen LogP contribution in [0.4, 0.5) is 0 Å². The van der Waals surface area contributed by atoms with Crippen LogP contribution >= 0.6 is 11.3 Å². The minimum Gasteiger partial charge on any atom is -0.465 e. The Kier molecular flexibility index (Phi) is 3.79. The molecule has 0 amide bonds. The summed E-state index contributed by atoms with van der Waals surface area (Å²) in [6, 6.07) is 14.1. The number of hydrogen-bond acceptors (Lipinski definition) is 4. The van der Waals surface area contributed by atoms with Gasteiger partial charge in [0.2, 0.25) is 0 Å². The highest BCUT2D eigenvalue weighted by Gasteiger charge is 2.10. The number of ether oxygens (including phenoxy) is 1. The summed E-state index contributed by atoms with van der Waals surface area (Å²) in [7, 11) is 1.39. The maximum Gasteiger partial charge on any atom is 0.348 e. The number of rotatable bonds is 3. The fourth-order valence-corrected chi connectivity index (χ4v) is 2.93. The van der Waals surface area contributed by atoms with E-state index in [0.29, 0.717) is 4.88 Å². The first-order valence-corrected chi connectivity index (χ1v) is 7.33. The molecule has 0 bridgehead atoms. The van der Waals surface area contributed by atoms with Crippen molar-refractivity contribution < 1.29 is 9.53 Å². The Bertz CT molecular complexity index is 748. The second-order valence-electron chi connectivity index (χ2n) is 4.50. The van der Waals surface area contributed by atoms with Gasteiger partial charge in [0.1, 0.15) is 4.88 Å². The van der Waals surface area contributed by atoms with E-state index in [0.717, 1.165) is 22.3 Å². The van der Waals surface area contributed by atoms with E-state index in [2.05, 4.69) is 29.2 Å². The molecule has 0 radical (unpaired) electrons. The van der Waals surface area contributed by atoms with Crippen LogP contribution in [0.2, 0.25) is 0 Å². The molecule has 21 heavy (non-hydrogen) atoms. The average Bonchev–Trinajstić information content (AvgIpc) is 3.05. The van der Waals surface area contributed by atoms with Gasteiger partial charge in [-0.2, -0.15) is 0 Å².